The molecular formula is C9HF17O. The van der Waals surface area contributed by atoms with E-state index in [2.05, 4.69) is 0 Å². The number of hydrogen-bond acceptors (Lipinski definition) is 1. The second-order valence-electron chi connectivity index (χ2n) is 4.40. The van der Waals surface area contributed by atoms with Crippen LogP contribution in [0, 0.1) is 0 Å². The average Bonchev–Trinajstić information content (AvgIpc) is 2.32. The smallest absolute Gasteiger partial charge is 0.460 e. The summed E-state index contributed by atoms with van der Waals surface area (Å²) < 4.78 is 212. The maximum atomic E-state index is 13.0. The van der Waals surface area contributed by atoms with Crippen LogP contribution in [0.1, 0.15) is 0 Å². The normalized spacial score (nSPS) is 16.6. The summed E-state index contributed by atoms with van der Waals surface area (Å²) in [5.41, 5.74) is -7.75. The molecule has 0 N–H and O–H groups in total. The lowest BCUT2D eigenvalue weighted by atomic mass is 9.92. The summed E-state index contributed by atoms with van der Waals surface area (Å²) in [7, 11) is 0. The van der Waals surface area contributed by atoms with E-state index >= 15 is 0 Å². The van der Waals surface area contributed by atoms with Gasteiger partial charge in [0.1, 0.15) is 6.26 Å². The fourth-order valence-electron chi connectivity index (χ4n) is 1.27. The Kier molecular flexibility index (Phi) is 6.06. The van der Waals surface area contributed by atoms with Gasteiger partial charge >= 0.3 is 42.2 Å². The standard InChI is InChI=1S/C9HF17O/c10-2(3(11,12)6(15,16)17)1-27-4(7(18,19)20,8(21,22)23)5(13,14)9(24,25)26/h1H/b2-1-. The molecular weight excluding hydrogens is 447 g/mol. The molecule has 0 bridgehead atoms. The number of rotatable bonds is 4. The summed E-state index contributed by atoms with van der Waals surface area (Å²) in [6, 6.07) is 0. The molecule has 27 heavy (non-hydrogen) atoms. The molecule has 0 aromatic carbocycles. The topological polar surface area (TPSA) is 9.23 Å². The van der Waals surface area contributed by atoms with Crippen LogP contribution in [0.2, 0.25) is 0 Å². The minimum Gasteiger partial charge on any atom is -0.469 e. The van der Waals surface area contributed by atoms with Crippen molar-refractivity contribution in [2.45, 2.75) is 42.2 Å². The van der Waals surface area contributed by atoms with Gasteiger partial charge in [-0.3, -0.25) is 0 Å². The monoisotopic (exact) mass is 448 g/mol. The SMILES string of the molecule is F/C(=C\OC(C(F)(F)F)(C(F)(F)F)C(F)(F)C(F)(F)F)C(F)(F)C(F)(F)F. The highest BCUT2D eigenvalue weighted by Gasteiger charge is 2.91. The zero-order valence-electron chi connectivity index (χ0n) is 11.4. The van der Waals surface area contributed by atoms with Crippen molar-refractivity contribution in [3.8, 4) is 0 Å². The van der Waals surface area contributed by atoms with Crippen LogP contribution >= 0.6 is 0 Å². The van der Waals surface area contributed by atoms with Crippen LogP contribution in [-0.4, -0.2) is 42.2 Å². The van der Waals surface area contributed by atoms with Gasteiger partial charge in [0.05, 0.1) is 0 Å². The van der Waals surface area contributed by atoms with Gasteiger partial charge in [0.25, 0.3) is 0 Å². The van der Waals surface area contributed by atoms with Crippen molar-refractivity contribution >= 4 is 0 Å². The van der Waals surface area contributed by atoms with E-state index in [4.69, 9.17) is 0 Å². The molecule has 0 aliphatic heterocycles. The van der Waals surface area contributed by atoms with Gasteiger partial charge in [-0.25, -0.2) is 4.39 Å². The fraction of sp³-hybridized carbons (Fsp3) is 0.778. The Balaban J connectivity index is 6.74. The van der Waals surface area contributed by atoms with Crippen LogP contribution in [0.5, 0.6) is 0 Å². The summed E-state index contributed by atoms with van der Waals surface area (Å²) in [5, 5.41) is 0. The molecule has 0 heterocycles. The van der Waals surface area contributed by atoms with Gasteiger partial charge in [-0.05, 0) is 0 Å². The van der Waals surface area contributed by atoms with Gasteiger partial charge in [0.15, 0.2) is 0 Å². The highest BCUT2D eigenvalue weighted by molar-refractivity contribution is 5.13. The summed E-state index contributed by atoms with van der Waals surface area (Å²) in [6.07, 6.45) is -32.8. The third kappa shape index (κ3) is 3.97. The molecule has 0 spiro atoms. The van der Waals surface area contributed by atoms with Crippen molar-refractivity contribution in [2.24, 2.45) is 0 Å². The van der Waals surface area contributed by atoms with Crippen molar-refractivity contribution in [1.82, 2.24) is 0 Å². The lowest BCUT2D eigenvalue weighted by Gasteiger charge is -2.41. The van der Waals surface area contributed by atoms with Gasteiger partial charge in [0, 0.05) is 0 Å². The van der Waals surface area contributed by atoms with Crippen LogP contribution in [0.4, 0.5) is 74.6 Å². The Bertz CT molecular complexity index is 541. The molecule has 0 atom stereocenters. The van der Waals surface area contributed by atoms with E-state index in [-0.39, 0.29) is 0 Å². The quantitative estimate of drug-likeness (QED) is 0.375. The molecule has 0 aliphatic carbocycles. The Hall–Kier alpha value is -1.65. The second kappa shape index (κ2) is 6.46. The fourth-order valence-corrected chi connectivity index (χ4v) is 1.27. The van der Waals surface area contributed by atoms with Crippen LogP contribution in [-0.2, 0) is 4.74 Å². The maximum absolute atomic E-state index is 13.0. The highest BCUT2D eigenvalue weighted by Crippen LogP contribution is 2.59. The number of ether oxygens (including phenoxy) is 1. The van der Waals surface area contributed by atoms with E-state index in [0.717, 1.165) is 0 Å². The summed E-state index contributed by atoms with van der Waals surface area (Å²) in [6.45, 7) is 0. The number of hydrogen-bond donors (Lipinski definition) is 0. The molecule has 18 heteroatoms. The molecule has 0 radical (unpaired) electrons. The van der Waals surface area contributed by atoms with Gasteiger partial charge < -0.3 is 4.74 Å². The second-order valence-corrected chi connectivity index (χ2v) is 4.40. The van der Waals surface area contributed by atoms with E-state index in [0.29, 0.717) is 0 Å². The largest absolute Gasteiger partial charge is 0.469 e. The third-order valence-corrected chi connectivity index (χ3v) is 2.59. The Morgan fingerprint density at radius 1 is 0.519 bits per heavy atom. The molecule has 162 valence electrons. The Morgan fingerprint density at radius 2 is 0.852 bits per heavy atom. The molecule has 0 aromatic rings. The lowest BCUT2D eigenvalue weighted by molar-refractivity contribution is -0.464. The lowest BCUT2D eigenvalue weighted by Crippen LogP contribution is -2.72. The molecule has 0 unspecified atom stereocenters. The van der Waals surface area contributed by atoms with Gasteiger partial charge in [0.2, 0.25) is 5.83 Å². The summed E-state index contributed by atoms with van der Waals surface area (Å²) >= 11 is 0. The van der Waals surface area contributed by atoms with E-state index in [1.807, 2.05) is 4.74 Å². The molecule has 0 saturated carbocycles. The molecule has 1 nitrogen and oxygen atoms in total. The molecule has 0 aliphatic rings. The van der Waals surface area contributed by atoms with Gasteiger partial charge in [-0.2, -0.15) is 70.2 Å². The van der Waals surface area contributed by atoms with Gasteiger partial charge in [-0.15, -0.1) is 0 Å². The van der Waals surface area contributed by atoms with Crippen molar-refractivity contribution < 1.29 is 79.4 Å². The van der Waals surface area contributed by atoms with E-state index in [1.54, 1.807) is 0 Å². The molecule has 0 amide bonds. The van der Waals surface area contributed by atoms with Crippen molar-refractivity contribution in [3.05, 3.63) is 12.1 Å². The van der Waals surface area contributed by atoms with Crippen molar-refractivity contribution in [3.63, 3.8) is 0 Å². The Labute approximate surface area is 135 Å². The third-order valence-electron chi connectivity index (χ3n) is 2.59. The van der Waals surface area contributed by atoms with Crippen LogP contribution < -0.4 is 0 Å². The summed E-state index contributed by atoms with van der Waals surface area (Å²) in [4.78, 5) is 0. The van der Waals surface area contributed by atoms with Crippen LogP contribution in [0.15, 0.2) is 12.1 Å². The highest BCUT2D eigenvalue weighted by atomic mass is 19.4. The molecule has 0 fully saturated rings. The predicted octanol–water partition coefficient (Wildman–Crippen LogP) is 6.07. The van der Waals surface area contributed by atoms with E-state index < -0.39 is 54.2 Å². The molecule has 0 aromatic heterocycles. The van der Waals surface area contributed by atoms with Gasteiger partial charge in [-0.1, -0.05) is 0 Å². The Morgan fingerprint density at radius 3 is 1.07 bits per heavy atom. The first kappa shape index (κ1) is 25.3. The minimum atomic E-state index is -8.00. The van der Waals surface area contributed by atoms with Crippen LogP contribution in [0.3, 0.4) is 0 Å². The minimum absolute atomic E-state index is 1.96. The molecule has 0 rings (SSSR count). The van der Waals surface area contributed by atoms with Crippen molar-refractivity contribution in [1.29, 1.82) is 0 Å². The van der Waals surface area contributed by atoms with Crippen molar-refractivity contribution in [2.75, 3.05) is 0 Å². The van der Waals surface area contributed by atoms with Crippen LogP contribution in [0.25, 0.3) is 0 Å². The average molecular weight is 448 g/mol. The zero-order valence-corrected chi connectivity index (χ0v) is 11.4. The van der Waals surface area contributed by atoms with E-state index in [9.17, 15) is 74.6 Å². The summed E-state index contributed by atoms with van der Waals surface area (Å²) in [5.74, 6) is -19.2. The maximum Gasteiger partial charge on any atom is 0.460 e. The zero-order chi connectivity index (χ0) is 22.5. The number of alkyl halides is 16. The number of allylic oxidation sites excluding steroid dienone is 1. The van der Waals surface area contributed by atoms with E-state index in [1.165, 1.54) is 0 Å². The number of halogens is 17. The molecule has 0 saturated heterocycles. The first-order valence-electron chi connectivity index (χ1n) is 5.44. The first-order chi connectivity index (χ1) is 11.4. The first-order valence-corrected chi connectivity index (χ1v) is 5.44. The predicted molar refractivity (Wildman–Crippen MR) is 47.1 cm³/mol.